The molecule has 0 saturated carbocycles. The van der Waals surface area contributed by atoms with Crippen molar-refractivity contribution in [1.29, 1.82) is 0 Å². The zero-order chi connectivity index (χ0) is 22.6. The van der Waals surface area contributed by atoms with Gasteiger partial charge in [0, 0.05) is 5.02 Å². The van der Waals surface area contributed by atoms with Gasteiger partial charge in [-0.25, -0.2) is 9.59 Å². The molecule has 168 valence electrons. The van der Waals surface area contributed by atoms with E-state index < -0.39 is 11.9 Å². The van der Waals surface area contributed by atoms with Crippen LogP contribution in [-0.2, 0) is 23.8 Å². The first-order valence-electron chi connectivity index (χ1n) is 9.21. The molecule has 7 nitrogen and oxygen atoms in total. The van der Waals surface area contributed by atoms with Crippen molar-refractivity contribution in [3.8, 4) is 11.5 Å². The van der Waals surface area contributed by atoms with E-state index in [2.05, 4.69) is 0 Å². The van der Waals surface area contributed by atoms with Gasteiger partial charge in [-0.15, -0.1) is 0 Å². The molecular weight excluding hydrogens is 471 g/mol. The molecule has 2 rings (SSSR count). The lowest BCUT2D eigenvalue weighted by molar-refractivity contribution is -0.149. The molecule has 0 heterocycles. The van der Waals surface area contributed by atoms with Crippen molar-refractivity contribution in [2.75, 3.05) is 39.6 Å². The van der Waals surface area contributed by atoms with Crippen molar-refractivity contribution >= 4 is 46.7 Å². The van der Waals surface area contributed by atoms with Crippen LogP contribution in [0.15, 0.2) is 36.4 Å². The summed E-state index contributed by atoms with van der Waals surface area (Å²) in [4.78, 5) is 23.3. The van der Waals surface area contributed by atoms with Crippen LogP contribution in [0.2, 0.25) is 15.1 Å². The molecule has 31 heavy (non-hydrogen) atoms. The van der Waals surface area contributed by atoms with Gasteiger partial charge < -0.3 is 23.7 Å². The highest BCUT2D eigenvalue weighted by Gasteiger charge is 2.09. The third-order valence-electron chi connectivity index (χ3n) is 3.65. The number of halogens is 3. The fraction of sp³-hybridized carbons (Fsp3) is 0.333. The monoisotopic (exact) mass is 490 g/mol. The Morgan fingerprint density at radius 2 is 1.26 bits per heavy atom. The van der Waals surface area contributed by atoms with Gasteiger partial charge in [-0.05, 0) is 42.8 Å². The highest BCUT2D eigenvalue weighted by Crippen LogP contribution is 2.27. The molecular formula is C21H21Cl3O7. The van der Waals surface area contributed by atoms with Crippen molar-refractivity contribution in [3.63, 3.8) is 0 Å². The number of hydrogen-bond acceptors (Lipinski definition) is 7. The average molecular weight is 492 g/mol. The first-order valence-corrected chi connectivity index (χ1v) is 10.3. The molecule has 0 bridgehead atoms. The third kappa shape index (κ3) is 9.65. The van der Waals surface area contributed by atoms with Crippen molar-refractivity contribution in [3.05, 3.63) is 57.0 Å². The summed E-state index contributed by atoms with van der Waals surface area (Å²) in [5, 5.41) is 1.18. The number of hydrogen-bond donors (Lipinski definition) is 0. The topological polar surface area (TPSA) is 80.3 Å². The van der Waals surface area contributed by atoms with E-state index in [0.717, 1.165) is 5.56 Å². The summed E-state index contributed by atoms with van der Waals surface area (Å²) in [6, 6.07) is 9.91. The van der Waals surface area contributed by atoms with E-state index in [1.165, 1.54) is 6.07 Å². The summed E-state index contributed by atoms with van der Waals surface area (Å²) in [6.45, 7) is 1.68. The summed E-state index contributed by atoms with van der Waals surface area (Å²) in [5.41, 5.74) is 0.987. The Labute approximate surface area is 195 Å². The Kier molecular flexibility index (Phi) is 10.7. The fourth-order valence-corrected chi connectivity index (χ4v) is 2.96. The standard InChI is InChI=1S/C21H21Cl3O7/c1-14-2-4-18(16(23)10-14)30-12-20(25)28-8-6-27-7-9-29-21(26)13-31-19-5-3-15(22)11-17(19)24/h2-5,10-11H,6-9,12-13H2,1H3. The number of esters is 2. The van der Waals surface area contributed by atoms with Crippen LogP contribution >= 0.6 is 34.8 Å². The van der Waals surface area contributed by atoms with Crippen LogP contribution in [0.5, 0.6) is 11.5 Å². The zero-order valence-corrected chi connectivity index (χ0v) is 19.0. The number of carbonyl (C=O) groups is 2. The van der Waals surface area contributed by atoms with Gasteiger partial charge in [0.25, 0.3) is 0 Å². The molecule has 0 unspecified atom stereocenters. The van der Waals surface area contributed by atoms with Gasteiger partial charge >= 0.3 is 11.9 Å². The van der Waals surface area contributed by atoms with E-state index in [0.29, 0.717) is 26.6 Å². The van der Waals surface area contributed by atoms with Crippen molar-refractivity contribution in [1.82, 2.24) is 0 Å². The minimum atomic E-state index is -0.576. The quantitative estimate of drug-likeness (QED) is 0.319. The van der Waals surface area contributed by atoms with Crippen molar-refractivity contribution in [2.24, 2.45) is 0 Å². The van der Waals surface area contributed by atoms with Gasteiger partial charge in [0.05, 0.1) is 23.3 Å². The van der Waals surface area contributed by atoms with E-state index in [1.54, 1.807) is 24.3 Å². The first kappa shape index (κ1) is 25.1. The lowest BCUT2D eigenvalue weighted by Crippen LogP contribution is -2.20. The lowest BCUT2D eigenvalue weighted by atomic mass is 10.2. The van der Waals surface area contributed by atoms with E-state index in [1.807, 2.05) is 13.0 Å². The molecule has 2 aromatic carbocycles. The molecule has 0 atom stereocenters. The maximum atomic E-state index is 11.7. The van der Waals surface area contributed by atoms with E-state index in [-0.39, 0.29) is 39.6 Å². The molecule has 0 amide bonds. The number of rotatable bonds is 12. The predicted octanol–water partition coefficient (Wildman–Crippen LogP) is 4.52. The number of benzene rings is 2. The van der Waals surface area contributed by atoms with Crippen molar-refractivity contribution in [2.45, 2.75) is 6.92 Å². The second-order valence-corrected chi connectivity index (χ2v) is 7.39. The van der Waals surface area contributed by atoms with E-state index >= 15 is 0 Å². The highest BCUT2D eigenvalue weighted by molar-refractivity contribution is 6.35. The van der Waals surface area contributed by atoms with Gasteiger partial charge in [0.15, 0.2) is 13.2 Å². The Morgan fingerprint density at radius 1 is 0.742 bits per heavy atom. The Morgan fingerprint density at radius 3 is 1.77 bits per heavy atom. The Hall–Kier alpha value is -2.19. The highest BCUT2D eigenvalue weighted by atomic mass is 35.5. The Balaban J connectivity index is 1.49. The van der Waals surface area contributed by atoms with Gasteiger partial charge in [-0.3, -0.25) is 0 Å². The number of carbonyl (C=O) groups excluding carboxylic acids is 2. The predicted molar refractivity (Wildman–Crippen MR) is 116 cm³/mol. The molecule has 0 saturated heterocycles. The molecule has 2 aromatic rings. The maximum absolute atomic E-state index is 11.7. The maximum Gasteiger partial charge on any atom is 0.344 e. The van der Waals surface area contributed by atoms with Crippen LogP contribution in [0.4, 0.5) is 0 Å². The van der Waals surface area contributed by atoms with Crippen LogP contribution in [0.1, 0.15) is 5.56 Å². The molecule has 0 spiro atoms. The van der Waals surface area contributed by atoms with Crippen LogP contribution in [0, 0.1) is 6.92 Å². The molecule has 0 aliphatic rings. The second-order valence-electron chi connectivity index (χ2n) is 6.14. The van der Waals surface area contributed by atoms with Crippen molar-refractivity contribution < 1.29 is 33.3 Å². The van der Waals surface area contributed by atoms with Gasteiger partial charge in [0.1, 0.15) is 24.7 Å². The van der Waals surface area contributed by atoms with Crippen LogP contribution in [-0.4, -0.2) is 51.6 Å². The van der Waals surface area contributed by atoms with Crippen LogP contribution in [0.3, 0.4) is 0 Å². The summed E-state index contributed by atoms with van der Waals surface area (Å²) < 4.78 is 25.7. The summed E-state index contributed by atoms with van der Waals surface area (Å²) >= 11 is 17.8. The smallest absolute Gasteiger partial charge is 0.344 e. The van der Waals surface area contributed by atoms with Gasteiger partial charge in [-0.1, -0.05) is 40.9 Å². The zero-order valence-electron chi connectivity index (χ0n) is 16.7. The Bertz CT molecular complexity index is 818. The molecule has 0 radical (unpaired) electrons. The number of ether oxygens (including phenoxy) is 5. The molecule has 0 aromatic heterocycles. The lowest BCUT2D eigenvalue weighted by Gasteiger charge is -2.10. The molecule has 0 fully saturated rings. The van der Waals surface area contributed by atoms with E-state index in [9.17, 15) is 9.59 Å². The fourth-order valence-electron chi connectivity index (χ4n) is 2.20. The summed E-state index contributed by atoms with van der Waals surface area (Å²) in [7, 11) is 0. The summed E-state index contributed by atoms with van der Waals surface area (Å²) in [6.07, 6.45) is 0. The minimum Gasteiger partial charge on any atom is -0.480 e. The molecule has 0 aliphatic carbocycles. The minimum absolute atomic E-state index is 0.0273. The first-order chi connectivity index (χ1) is 14.8. The largest absolute Gasteiger partial charge is 0.480 e. The second kappa shape index (κ2) is 13.3. The molecule has 10 heteroatoms. The van der Waals surface area contributed by atoms with Gasteiger partial charge in [-0.2, -0.15) is 0 Å². The molecule has 0 N–H and O–H groups in total. The van der Waals surface area contributed by atoms with Gasteiger partial charge in [0.2, 0.25) is 0 Å². The number of aryl methyl sites for hydroxylation is 1. The summed E-state index contributed by atoms with van der Waals surface area (Å²) in [5.74, 6) is -0.392. The third-order valence-corrected chi connectivity index (χ3v) is 4.48. The average Bonchev–Trinajstić information content (AvgIpc) is 2.71. The SMILES string of the molecule is Cc1ccc(OCC(=O)OCCOCCOC(=O)COc2ccc(Cl)cc2Cl)c(Cl)c1. The van der Waals surface area contributed by atoms with Crippen LogP contribution in [0.25, 0.3) is 0 Å². The molecule has 0 aliphatic heterocycles. The van der Waals surface area contributed by atoms with Crippen LogP contribution < -0.4 is 9.47 Å². The normalized spacial score (nSPS) is 10.5. The van der Waals surface area contributed by atoms with E-state index in [4.69, 9.17) is 58.5 Å².